The number of thioether (sulfide) groups is 1. The molecule has 0 aliphatic heterocycles. The van der Waals surface area contributed by atoms with Crippen molar-refractivity contribution < 1.29 is 22.7 Å². The highest BCUT2D eigenvalue weighted by molar-refractivity contribution is 7.99. The highest BCUT2D eigenvalue weighted by Crippen LogP contribution is 2.31. The number of benzene rings is 1. The largest absolute Gasteiger partial charge is 0.486 e. The molecule has 1 aromatic carbocycles. The van der Waals surface area contributed by atoms with Crippen LogP contribution in [-0.4, -0.2) is 31.4 Å². The van der Waals surface area contributed by atoms with Crippen molar-refractivity contribution in [3.8, 4) is 5.75 Å². The maximum atomic E-state index is 12.8. The van der Waals surface area contributed by atoms with Crippen LogP contribution in [0.3, 0.4) is 0 Å². The Morgan fingerprint density at radius 1 is 1.26 bits per heavy atom. The van der Waals surface area contributed by atoms with Gasteiger partial charge in [0.15, 0.2) is 16.1 Å². The van der Waals surface area contributed by atoms with Gasteiger partial charge in [-0.15, -0.1) is 10.2 Å². The van der Waals surface area contributed by atoms with E-state index in [9.17, 15) is 18.0 Å². The van der Waals surface area contributed by atoms with Gasteiger partial charge in [0.25, 0.3) is 0 Å². The first-order valence-electron chi connectivity index (χ1n) is 9.03. The molecule has 0 bridgehead atoms. The summed E-state index contributed by atoms with van der Waals surface area (Å²) in [5.41, 5.74) is -0.389. The number of amides is 1. The van der Waals surface area contributed by atoms with Gasteiger partial charge in [-0.3, -0.25) is 4.79 Å². The van der Waals surface area contributed by atoms with Crippen LogP contribution in [0.5, 0.6) is 5.75 Å². The van der Waals surface area contributed by atoms with Gasteiger partial charge in [-0.25, -0.2) is 4.98 Å². The average molecular weight is 472 g/mol. The Hall–Kier alpha value is -2.79. The van der Waals surface area contributed by atoms with Crippen molar-refractivity contribution in [2.24, 2.45) is 0 Å². The van der Waals surface area contributed by atoms with Crippen molar-refractivity contribution in [3.63, 3.8) is 0 Å². The number of nitrogens with one attached hydrogen (secondary N) is 1. The number of hydrogen-bond donors (Lipinski definition) is 1. The Kier molecular flexibility index (Phi) is 7.39. The minimum Gasteiger partial charge on any atom is -0.486 e. The van der Waals surface area contributed by atoms with Crippen LogP contribution in [0.15, 0.2) is 47.8 Å². The van der Waals surface area contributed by atoms with E-state index in [0.29, 0.717) is 23.2 Å². The molecule has 3 rings (SSSR count). The summed E-state index contributed by atoms with van der Waals surface area (Å²) in [5.74, 6) is 0.255. The molecule has 0 atom stereocenters. The van der Waals surface area contributed by atoms with Crippen molar-refractivity contribution in [1.29, 1.82) is 0 Å². The van der Waals surface area contributed by atoms with Crippen LogP contribution in [0.1, 0.15) is 18.3 Å². The molecule has 164 valence electrons. The molecule has 0 aliphatic carbocycles. The van der Waals surface area contributed by atoms with Crippen LogP contribution in [0.2, 0.25) is 5.15 Å². The molecule has 0 saturated heterocycles. The predicted octanol–water partition coefficient (Wildman–Crippen LogP) is 4.68. The van der Waals surface area contributed by atoms with E-state index >= 15 is 0 Å². The first kappa shape index (κ1) is 22.9. The molecule has 12 heteroatoms. The summed E-state index contributed by atoms with van der Waals surface area (Å²) < 4.78 is 45.7. The average Bonchev–Trinajstić information content (AvgIpc) is 3.14. The molecule has 1 N–H and O–H groups in total. The second-order valence-electron chi connectivity index (χ2n) is 6.14. The van der Waals surface area contributed by atoms with Crippen LogP contribution in [-0.2, 0) is 24.1 Å². The summed E-state index contributed by atoms with van der Waals surface area (Å²) >= 11 is 7.08. The number of pyridine rings is 1. The molecule has 3 aromatic rings. The molecular formula is C19H17ClF3N5O2S. The summed E-state index contributed by atoms with van der Waals surface area (Å²) in [5, 5.41) is 11.4. The Bertz CT molecular complexity index is 1060. The predicted molar refractivity (Wildman–Crippen MR) is 110 cm³/mol. The third-order valence-corrected chi connectivity index (χ3v) is 5.27. The van der Waals surface area contributed by atoms with Crippen LogP contribution in [0, 0.1) is 0 Å². The van der Waals surface area contributed by atoms with Crippen LogP contribution >= 0.6 is 23.4 Å². The van der Waals surface area contributed by atoms with Gasteiger partial charge in [0.2, 0.25) is 5.91 Å². The Morgan fingerprint density at radius 3 is 2.77 bits per heavy atom. The third kappa shape index (κ3) is 6.11. The summed E-state index contributed by atoms with van der Waals surface area (Å²) in [4.78, 5) is 16.1. The second-order valence-corrected chi connectivity index (χ2v) is 7.44. The number of aromatic nitrogens is 4. The number of halogens is 4. The van der Waals surface area contributed by atoms with Crippen LogP contribution < -0.4 is 10.1 Å². The van der Waals surface area contributed by atoms with Gasteiger partial charge in [0.05, 0.1) is 17.0 Å². The molecular weight excluding hydrogens is 455 g/mol. The molecule has 2 heterocycles. The quantitative estimate of drug-likeness (QED) is 0.379. The van der Waals surface area contributed by atoms with Gasteiger partial charge in [-0.2, -0.15) is 13.2 Å². The molecule has 7 nitrogen and oxygen atoms in total. The Balaban J connectivity index is 1.60. The van der Waals surface area contributed by atoms with Gasteiger partial charge >= 0.3 is 6.18 Å². The Labute approximate surface area is 185 Å². The smallest absolute Gasteiger partial charge is 0.416 e. The van der Waals surface area contributed by atoms with E-state index in [4.69, 9.17) is 16.3 Å². The summed E-state index contributed by atoms with van der Waals surface area (Å²) in [6.45, 7) is 2.28. The van der Waals surface area contributed by atoms with E-state index in [0.717, 1.165) is 23.9 Å². The zero-order valence-corrected chi connectivity index (χ0v) is 17.8. The lowest BCUT2D eigenvalue weighted by Gasteiger charge is -2.11. The highest BCUT2D eigenvalue weighted by atomic mass is 35.5. The topological polar surface area (TPSA) is 81.9 Å². The van der Waals surface area contributed by atoms with E-state index in [1.165, 1.54) is 18.3 Å². The van der Waals surface area contributed by atoms with E-state index in [1.54, 1.807) is 16.7 Å². The van der Waals surface area contributed by atoms with Gasteiger partial charge < -0.3 is 14.6 Å². The first-order valence-corrected chi connectivity index (χ1v) is 10.4. The van der Waals surface area contributed by atoms with Gasteiger partial charge in [0, 0.05) is 12.7 Å². The van der Waals surface area contributed by atoms with Crippen LogP contribution in [0.25, 0.3) is 0 Å². The minimum absolute atomic E-state index is 0.0534. The third-order valence-electron chi connectivity index (χ3n) is 4.00. The van der Waals surface area contributed by atoms with Crippen molar-refractivity contribution >= 4 is 35.0 Å². The highest BCUT2D eigenvalue weighted by Gasteiger charge is 2.30. The van der Waals surface area contributed by atoms with Crippen LogP contribution in [0.4, 0.5) is 18.9 Å². The summed E-state index contributed by atoms with van der Waals surface area (Å²) in [7, 11) is 0. The normalized spacial score (nSPS) is 11.4. The van der Waals surface area contributed by atoms with E-state index in [2.05, 4.69) is 20.5 Å². The van der Waals surface area contributed by atoms with E-state index in [1.807, 2.05) is 6.92 Å². The van der Waals surface area contributed by atoms with Gasteiger partial charge in [0.1, 0.15) is 12.4 Å². The molecule has 0 fully saturated rings. The maximum absolute atomic E-state index is 12.8. The van der Waals surface area contributed by atoms with Gasteiger partial charge in [-0.1, -0.05) is 29.4 Å². The molecule has 2 aromatic heterocycles. The summed E-state index contributed by atoms with van der Waals surface area (Å²) in [6.07, 6.45) is -2.94. The van der Waals surface area contributed by atoms with E-state index in [-0.39, 0.29) is 29.2 Å². The number of hydrogen-bond acceptors (Lipinski definition) is 6. The zero-order chi connectivity index (χ0) is 22.4. The molecule has 1 amide bonds. The van der Waals surface area contributed by atoms with Crippen molar-refractivity contribution in [1.82, 2.24) is 19.7 Å². The standard InChI is InChI=1S/C19H17ClF3N5O2S/c1-2-28-15(10-30-13-6-3-5-12(9-13)19(21,22)23)26-27-18(28)31-11-16(29)25-14-7-4-8-24-17(14)20/h3-9H,2,10-11H2,1H3,(H,25,29). The molecule has 0 spiro atoms. The number of alkyl halides is 3. The molecule has 0 unspecified atom stereocenters. The first-order chi connectivity index (χ1) is 14.8. The number of anilines is 1. The fourth-order valence-electron chi connectivity index (χ4n) is 2.56. The lowest BCUT2D eigenvalue weighted by atomic mass is 10.2. The SMILES string of the molecule is CCn1c(COc2cccc(C(F)(F)F)c2)nnc1SCC(=O)Nc1cccnc1Cl. The molecule has 0 aliphatic rings. The van der Waals surface area contributed by atoms with Crippen molar-refractivity contribution in [2.45, 2.75) is 31.4 Å². The maximum Gasteiger partial charge on any atom is 0.416 e. The fourth-order valence-corrected chi connectivity index (χ4v) is 3.54. The monoisotopic (exact) mass is 471 g/mol. The molecule has 31 heavy (non-hydrogen) atoms. The Morgan fingerprint density at radius 2 is 2.06 bits per heavy atom. The number of nitrogens with zero attached hydrogens (tertiary/aromatic N) is 4. The number of carbonyl (C=O) groups is 1. The van der Waals surface area contributed by atoms with E-state index < -0.39 is 11.7 Å². The number of ether oxygens (including phenoxy) is 1. The number of rotatable bonds is 8. The molecule has 0 radical (unpaired) electrons. The molecule has 0 saturated carbocycles. The second kappa shape index (κ2) is 10.0. The van der Waals surface area contributed by atoms with Crippen molar-refractivity contribution in [3.05, 3.63) is 59.1 Å². The summed E-state index contributed by atoms with van der Waals surface area (Å²) in [6, 6.07) is 7.90. The lowest BCUT2D eigenvalue weighted by Crippen LogP contribution is -2.15. The zero-order valence-electron chi connectivity index (χ0n) is 16.2. The number of carbonyl (C=O) groups excluding carboxylic acids is 1. The fraction of sp³-hybridized carbons (Fsp3) is 0.263. The van der Waals surface area contributed by atoms with Crippen molar-refractivity contribution in [2.75, 3.05) is 11.1 Å². The van der Waals surface area contributed by atoms with Gasteiger partial charge in [-0.05, 0) is 37.3 Å². The minimum atomic E-state index is -4.45. The lowest BCUT2D eigenvalue weighted by molar-refractivity contribution is -0.137.